The molecule has 2 aromatic rings. The van der Waals surface area contributed by atoms with E-state index in [0.29, 0.717) is 17.4 Å². The van der Waals surface area contributed by atoms with Gasteiger partial charge in [0.1, 0.15) is 5.69 Å². The van der Waals surface area contributed by atoms with Gasteiger partial charge in [-0.2, -0.15) is 11.8 Å². The molecule has 2 aliphatic heterocycles. The highest BCUT2D eigenvalue weighted by Crippen LogP contribution is 2.46. The van der Waals surface area contributed by atoms with Crippen LogP contribution in [0.4, 0.5) is 0 Å². The number of likely N-dealkylation sites (tertiary alicyclic amines) is 2. The Bertz CT molecular complexity index is 824. The van der Waals surface area contributed by atoms with Crippen molar-refractivity contribution in [2.24, 2.45) is 11.3 Å². The van der Waals surface area contributed by atoms with Crippen LogP contribution >= 0.6 is 11.8 Å². The molecule has 2 atom stereocenters. The van der Waals surface area contributed by atoms with Crippen molar-refractivity contribution in [3.05, 3.63) is 59.9 Å². The van der Waals surface area contributed by atoms with Gasteiger partial charge in [-0.25, -0.2) is 0 Å². The van der Waals surface area contributed by atoms with Crippen molar-refractivity contribution < 1.29 is 9.59 Å². The lowest BCUT2D eigenvalue weighted by molar-refractivity contribution is -0.127. The van der Waals surface area contributed by atoms with Crippen LogP contribution in [0.1, 0.15) is 22.5 Å². The summed E-state index contributed by atoms with van der Waals surface area (Å²) < 4.78 is 0. The molecule has 2 amide bonds. The summed E-state index contributed by atoms with van der Waals surface area (Å²) >= 11 is 1.58. The summed E-state index contributed by atoms with van der Waals surface area (Å²) in [5, 5.41) is 0. The Kier molecular flexibility index (Phi) is 5.49. The van der Waals surface area contributed by atoms with E-state index in [1.54, 1.807) is 18.0 Å². The number of nitrogens with one attached hydrogen (secondary N) is 1. The fraction of sp³-hybridized carbons (Fsp3) is 0.455. The second kappa shape index (κ2) is 8.03. The van der Waals surface area contributed by atoms with E-state index in [1.165, 1.54) is 5.56 Å². The van der Waals surface area contributed by atoms with Crippen LogP contribution in [0.5, 0.6) is 0 Å². The molecule has 0 radical (unpaired) electrons. The van der Waals surface area contributed by atoms with E-state index < -0.39 is 0 Å². The van der Waals surface area contributed by atoms with Gasteiger partial charge in [0.05, 0.1) is 5.75 Å². The molecule has 0 saturated carbocycles. The van der Waals surface area contributed by atoms with Gasteiger partial charge in [0.25, 0.3) is 5.91 Å². The highest BCUT2D eigenvalue weighted by atomic mass is 32.2. The van der Waals surface area contributed by atoms with Crippen LogP contribution in [-0.2, 0) is 11.2 Å². The van der Waals surface area contributed by atoms with Crippen molar-refractivity contribution in [2.45, 2.75) is 12.8 Å². The number of aromatic amines is 1. The monoisotopic (exact) mass is 397 g/mol. The number of carbonyl (C=O) groups is 2. The lowest BCUT2D eigenvalue weighted by Crippen LogP contribution is -2.39. The number of rotatable bonds is 6. The second-order valence-electron chi connectivity index (χ2n) is 8.02. The summed E-state index contributed by atoms with van der Waals surface area (Å²) in [5.41, 5.74) is 1.96. The number of hydrogen-bond acceptors (Lipinski definition) is 3. The number of aryl methyl sites for hydroxylation is 1. The average molecular weight is 398 g/mol. The molecule has 2 unspecified atom stereocenters. The molecule has 1 aromatic carbocycles. The van der Waals surface area contributed by atoms with Gasteiger partial charge >= 0.3 is 0 Å². The standard InChI is InChI=1S/C22H27N3O2S/c1-28-14-20(26)24-12-18-13-25(21(27)19-8-5-11-23-19)16-22(18,15-24)10-9-17-6-3-2-4-7-17/h2-8,11,18,23H,9-10,12-16H2,1H3. The number of thioether (sulfide) groups is 1. The fourth-order valence-electron chi connectivity index (χ4n) is 4.77. The number of fused-ring (bicyclic) bond motifs is 1. The minimum Gasteiger partial charge on any atom is -0.357 e. The Labute approximate surface area is 170 Å². The number of carbonyl (C=O) groups excluding carboxylic acids is 2. The Morgan fingerprint density at radius 1 is 1.11 bits per heavy atom. The van der Waals surface area contributed by atoms with Gasteiger partial charge in [0.2, 0.25) is 5.91 Å². The summed E-state index contributed by atoms with van der Waals surface area (Å²) in [4.78, 5) is 32.4. The molecule has 2 fully saturated rings. The molecule has 148 valence electrons. The molecule has 4 rings (SSSR count). The lowest BCUT2D eigenvalue weighted by Gasteiger charge is -2.29. The third-order valence-corrected chi connectivity index (χ3v) is 6.79. The number of aromatic nitrogens is 1. The van der Waals surface area contributed by atoms with Gasteiger partial charge in [-0.1, -0.05) is 30.3 Å². The minimum absolute atomic E-state index is 0.00778. The zero-order chi connectivity index (χ0) is 19.6. The van der Waals surface area contributed by atoms with E-state index in [-0.39, 0.29) is 17.2 Å². The zero-order valence-electron chi connectivity index (χ0n) is 16.3. The maximum Gasteiger partial charge on any atom is 0.270 e. The quantitative estimate of drug-likeness (QED) is 0.815. The van der Waals surface area contributed by atoms with Crippen LogP contribution in [0.2, 0.25) is 0 Å². The summed E-state index contributed by atoms with van der Waals surface area (Å²) in [5.74, 6) is 1.18. The molecule has 1 N–H and O–H groups in total. The van der Waals surface area contributed by atoms with Gasteiger partial charge < -0.3 is 14.8 Å². The van der Waals surface area contributed by atoms with Crippen molar-refractivity contribution in [2.75, 3.05) is 38.2 Å². The fourth-order valence-corrected chi connectivity index (χ4v) is 5.20. The summed E-state index contributed by atoms with van der Waals surface area (Å²) in [7, 11) is 0. The van der Waals surface area contributed by atoms with Crippen molar-refractivity contribution >= 4 is 23.6 Å². The normalized spacial score (nSPS) is 23.8. The maximum atomic E-state index is 12.9. The Morgan fingerprint density at radius 2 is 1.86 bits per heavy atom. The summed E-state index contributed by atoms with van der Waals surface area (Å²) in [6, 6.07) is 14.2. The molecule has 0 aliphatic carbocycles. The van der Waals surface area contributed by atoms with Crippen molar-refractivity contribution in [1.29, 1.82) is 0 Å². The summed E-state index contributed by atoms with van der Waals surface area (Å²) in [6.07, 6.45) is 5.74. The maximum absolute atomic E-state index is 12.9. The molecular formula is C22H27N3O2S. The molecule has 3 heterocycles. The molecule has 2 saturated heterocycles. The first kappa shape index (κ1) is 19.1. The number of benzene rings is 1. The van der Waals surface area contributed by atoms with Crippen molar-refractivity contribution in [3.8, 4) is 0 Å². The van der Waals surface area contributed by atoms with Crippen LogP contribution in [0.15, 0.2) is 48.7 Å². The van der Waals surface area contributed by atoms with Crippen LogP contribution in [-0.4, -0.2) is 64.8 Å². The molecule has 0 bridgehead atoms. The van der Waals surface area contributed by atoms with Gasteiger partial charge in [0, 0.05) is 43.7 Å². The third-order valence-electron chi connectivity index (χ3n) is 6.25. The molecule has 0 spiro atoms. The molecule has 6 heteroatoms. The van der Waals surface area contributed by atoms with E-state index in [2.05, 4.69) is 29.2 Å². The van der Waals surface area contributed by atoms with Crippen LogP contribution in [0.3, 0.4) is 0 Å². The first-order chi connectivity index (χ1) is 13.6. The predicted molar refractivity (Wildman–Crippen MR) is 112 cm³/mol. The van der Waals surface area contributed by atoms with E-state index in [0.717, 1.165) is 39.0 Å². The summed E-state index contributed by atoms with van der Waals surface area (Å²) in [6.45, 7) is 2.99. The van der Waals surface area contributed by atoms with E-state index >= 15 is 0 Å². The molecule has 1 aromatic heterocycles. The Hall–Kier alpha value is -2.21. The van der Waals surface area contributed by atoms with E-state index in [1.807, 2.05) is 34.3 Å². The Balaban J connectivity index is 1.52. The molecular weight excluding hydrogens is 370 g/mol. The first-order valence-corrected chi connectivity index (χ1v) is 11.2. The zero-order valence-corrected chi connectivity index (χ0v) is 17.1. The van der Waals surface area contributed by atoms with Crippen molar-refractivity contribution in [3.63, 3.8) is 0 Å². The van der Waals surface area contributed by atoms with E-state index in [4.69, 9.17) is 0 Å². The minimum atomic E-state index is -0.00778. The number of amides is 2. The number of nitrogens with zero attached hydrogens (tertiary/aromatic N) is 2. The highest BCUT2D eigenvalue weighted by Gasteiger charge is 2.53. The van der Waals surface area contributed by atoms with Crippen molar-refractivity contribution in [1.82, 2.24) is 14.8 Å². The SMILES string of the molecule is CSCC(=O)N1CC2CN(C(=O)c3ccc[nH]3)CC2(CCc2ccccc2)C1. The number of H-pyrrole nitrogens is 1. The van der Waals surface area contributed by atoms with Gasteiger partial charge in [-0.15, -0.1) is 0 Å². The largest absolute Gasteiger partial charge is 0.357 e. The van der Waals surface area contributed by atoms with Gasteiger partial charge in [-0.3, -0.25) is 9.59 Å². The lowest BCUT2D eigenvalue weighted by atomic mass is 9.76. The topological polar surface area (TPSA) is 56.4 Å². The third kappa shape index (κ3) is 3.70. The Morgan fingerprint density at radius 3 is 2.57 bits per heavy atom. The second-order valence-corrected chi connectivity index (χ2v) is 8.89. The molecule has 28 heavy (non-hydrogen) atoms. The predicted octanol–water partition coefficient (Wildman–Crippen LogP) is 2.91. The van der Waals surface area contributed by atoms with Crippen LogP contribution in [0, 0.1) is 11.3 Å². The highest BCUT2D eigenvalue weighted by molar-refractivity contribution is 7.99. The van der Waals surface area contributed by atoms with Gasteiger partial charge in [-0.05, 0) is 36.8 Å². The molecule has 2 aliphatic rings. The smallest absolute Gasteiger partial charge is 0.270 e. The average Bonchev–Trinajstić information content (AvgIpc) is 3.42. The number of hydrogen-bond donors (Lipinski definition) is 1. The van der Waals surface area contributed by atoms with Crippen LogP contribution in [0.25, 0.3) is 0 Å². The first-order valence-electron chi connectivity index (χ1n) is 9.84. The van der Waals surface area contributed by atoms with E-state index in [9.17, 15) is 9.59 Å². The molecule has 5 nitrogen and oxygen atoms in total. The van der Waals surface area contributed by atoms with Gasteiger partial charge in [0.15, 0.2) is 0 Å². The van der Waals surface area contributed by atoms with Crippen LogP contribution < -0.4 is 0 Å².